The third-order valence-corrected chi connectivity index (χ3v) is 9.87. The van der Waals surface area contributed by atoms with Crippen LogP contribution in [0.25, 0.3) is 0 Å². The quantitative estimate of drug-likeness (QED) is 0.515. The van der Waals surface area contributed by atoms with Crippen LogP contribution in [0.4, 0.5) is 0 Å². The van der Waals surface area contributed by atoms with Crippen molar-refractivity contribution in [1.29, 1.82) is 0 Å². The van der Waals surface area contributed by atoms with E-state index >= 15 is 0 Å². The van der Waals surface area contributed by atoms with Crippen LogP contribution in [0.1, 0.15) is 32.8 Å². The minimum atomic E-state index is -2.37. The molecule has 0 saturated carbocycles. The zero-order valence-corrected chi connectivity index (χ0v) is 21.2. The van der Waals surface area contributed by atoms with E-state index in [1.807, 2.05) is 81.4 Å². The van der Waals surface area contributed by atoms with Crippen LogP contribution in [0, 0.1) is 6.92 Å². The maximum atomic E-state index is 13.2. The Labute approximate surface area is 200 Å². The number of aliphatic hydroxyl groups is 1. The van der Waals surface area contributed by atoms with Crippen LogP contribution in [0.15, 0.2) is 76.4 Å². The summed E-state index contributed by atoms with van der Waals surface area (Å²) in [5.74, 6) is 0. The van der Waals surface area contributed by atoms with E-state index in [4.69, 9.17) is 9.47 Å². The predicted molar refractivity (Wildman–Crippen MR) is 135 cm³/mol. The largest absolute Gasteiger partial charge is 0.390 e. The van der Waals surface area contributed by atoms with Gasteiger partial charge in [-0.2, -0.15) is 0 Å². The van der Waals surface area contributed by atoms with E-state index in [9.17, 15) is 14.7 Å². The van der Waals surface area contributed by atoms with Crippen molar-refractivity contribution in [2.75, 3.05) is 6.61 Å². The van der Waals surface area contributed by atoms with Crippen LogP contribution in [0.5, 0.6) is 0 Å². The molecule has 3 atom stereocenters. The van der Waals surface area contributed by atoms with Gasteiger partial charge in [0, 0.05) is 18.2 Å². The summed E-state index contributed by atoms with van der Waals surface area (Å²) in [4.78, 5) is 27.8. The molecule has 0 amide bonds. The standard InChI is InChI=1S/C26H32N2O5Si/c1-18-16-28(24(31)27-23(18)30)26(15-21(29)22(33-26)17-32-25(2,3)4)34(19-11-7-5-8-12-19)20-13-9-6-10-14-20/h5-14,16,21-22,29,34H,15,17H2,1-4H3,(H,27,30,31)/t21-,22+,26-/m0/s1. The lowest BCUT2D eigenvalue weighted by molar-refractivity contribution is -0.114. The minimum Gasteiger partial charge on any atom is -0.390 e. The summed E-state index contributed by atoms with van der Waals surface area (Å²) in [6, 6.07) is 20.0. The Morgan fingerprint density at radius 1 is 1.09 bits per heavy atom. The molecule has 1 aliphatic rings. The third kappa shape index (κ3) is 4.86. The molecule has 180 valence electrons. The lowest BCUT2D eigenvalue weighted by Gasteiger charge is -2.38. The fraction of sp³-hybridized carbons (Fsp3) is 0.385. The Morgan fingerprint density at radius 2 is 1.65 bits per heavy atom. The van der Waals surface area contributed by atoms with Crippen molar-refractivity contribution in [1.82, 2.24) is 9.55 Å². The predicted octanol–water partition coefficient (Wildman–Crippen LogP) is 1.04. The van der Waals surface area contributed by atoms with E-state index in [1.165, 1.54) is 4.57 Å². The summed E-state index contributed by atoms with van der Waals surface area (Å²) in [5.41, 5.74) is -0.986. The molecule has 7 nitrogen and oxygen atoms in total. The first kappa shape index (κ1) is 24.3. The number of H-pyrrole nitrogens is 1. The van der Waals surface area contributed by atoms with Gasteiger partial charge >= 0.3 is 5.69 Å². The topological polar surface area (TPSA) is 93.6 Å². The van der Waals surface area contributed by atoms with E-state index in [-0.39, 0.29) is 13.0 Å². The lowest BCUT2D eigenvalue weighted by atomic mass is 10.1. The molecule has 0 radical (unpaired) electrons. The summed E-state index contributed by atoms with van der Waals surface area (Å²) >= 11 is 0. The maximum Gasteiger partial charge on any atom is 0.330 e. The molecule has 8 heteroatoms. The van der Waals surface area contributed by atoms with Crippen molar-refractivity contribution >= 4 is 19.2 Å². The van der Waals surface area contributed by atoms with E-state index in [0.717, 1.165) is 10.4 Å². The molecule has 1 fully saturated rings. The molecule has 2 heterocycles. The lowest BCUT2D eigenvalue weighted by Crippen LogP contribution is -2.64. The molecular weight excluding hydrogens is 448 g/mol. The van der Waals surface area contributed by atoms with E-state index in [2.05, 4.69) is 4.98 Å². The summed E-state index contributed by atoms with van der Waals surface area (Å²) in [5, 5.41) is 12.1. The average Bonchev–Trinajstić information content (AvgIpc) is 3.12. The summed E-state index contributed by atoms with van der Waals surface area (Å²) in [6.07, 6.45) is 0.300. The zero-order valence-electron chi connectivity index (χ0n) is 20.0. The number of hydrogen-bond donors (Lipinski definition) is 2. The van der Waals surface area contributed by atoms with Crippen LogP contribution in [0.3, 0.4) is 0 Å². The number of benzene rings is 2. The monoisotopic (exact) mass is 480 g/mol. The van der Waals surface area contributed by atoms with Crippen LogP contribution in [-0.4, -0.2) is 47.9 Å². The second-order valence-corrected chi connectivity index (χ2v) is 13.0. The van der Waals surface area contributed by atoms with E-state index in [0.29, 0.717) is 5.56 Å². The molecule has 0 unspecified atom stereocenters. The fourth-order valence-corrected chi connectivity index (χ4v) is 8.53. The molecular formula is C26H32N2O5Si. The van der Waals surface area contributed by atoms with Gasteiger partial charge in [0.15, 0.2) is 8.80 Å². The van der Waals surface area contributed by atoms with Crippen molar-refractivity contribution < 1.29 is 14.6 Å². The number of nitrogens with zero attached hydrogens (tertiary/aromatic N) is 1. The SMILES string of the molecule is Cc1cn([C@@]2([SiH](c3ccccc3)c3ccccc3)C[C@H](O)[C@@H](COC(C)(C)C)O2)c(=O)[nH]c1=O. The van der Waals surface area contributed by atoms with Gasteiger partial charge in [0.2, 0.25) is 0 Å². The molecule has 2 aromatic carbocycles. The van der Waals surface area contributed by atoms with Crippen LogP contribution < -0.4 is 21.6 Å². The molecule has 2 N–H and O–H groups in total. The highest BCUT2D eigenvalue weighted by Crippen LogP contribution is 2.37. The Balaban J connectivity index is 1.93. The van der Waals surface area contributed by atoms with Gasteiger partial charge in [0.05, 0.1) is 18.3 Å². The third-order valence-electron chi connectivity index (χ3n) is 6.21. The van der Waals surface area contributed by atoms with Gasteiger partial charge in [-0.25, -0.2) is 4.79 Å². The van der Waals surface area contributed by atoms with Gasteiger partial charge in [0.1, 0.15) is 11.5 Å². The molecule has 0 bridgehead atoms. The minimum absolute atomic E-state index is 0.189. The molecule has 3 aromatic rings. The Hall–Kier alpha value is -2.78. The Kier molecular flexibility index (Phi) is 6.77. The molecule has 0 spiro atoms. The van der Waals surface area contributed by atoms with Gasteiger partial charge in [-0.15, -0.1) is 0 Å². The first-order valence-electron chi connectivity index (χ1n) is 11.5. The van der Waals surface area contributed by atoms with Crippen molar-refractivity contribution in [2.45, 2.75) is 57.3 Å². The van der Waals surface area contributed by atoms with Crippen molar-refractivity contribution in [2.24, 2.45) is 0 Å². The van der Waals surface area contributed by atoms with Gasteiger partial charge in [-0.05, 0) is 27.7 Å². The number of hydrogen-bond acceptors (Lipinski definition) is 5. The highest BCUT2D eigenvalue weighted by Gasteiger charge is 2.54. The maximum absolute atomic E-state index is 13.2. The molecule has 4 rings (SSSR count). The second kappa shape index (κ2) is 9.46. The number of ether oxygens (including phenoxy) is 2. The number of aliphatic hydroxyl groups excluding tert-OH is 1. The highest BCUT2D eigenvalue weighted by molar-refractivity contribution is 6.86. The van der Waals surface area contributed by atoms with Gasteiger partial charge in [0.25, 0.3) is 5.56 Å². The number of aromatic amines is 1. The summed E-state index contributed by atoms with van der Waals surface area (Å²) in [6.45, 7) is 7.69. The van der Waals surface area contributed by atoms with Gasteiger partial charge in [-0.1, -0.05) is 71.0 Å². The van der Waals surface area contributed by atoms with Crippen LogP contribution in [-0.2, 0) is 14.8 Å². The van der Waals surface area contributed by atoms with E-state index in [1.54, 1.807) is 13.1 Å². The van der Waals surface area contributed by atoms with E-state index < -0.39 is 43.2 Å². The summed E-state index contributed by atoms with van der Waals surface area (Å²) < 4.78 is 14.2. The molecule has 1 aromatic heterocycles. The fourth-order valence-electron chi connectivity index (χ4n) is 4.63. The second-order valence-electron chi connectivity index (χ2n) is 9.89. The normalized spacial score (nSPS) is 22.9. The zero-order chi connectivity index (χ0) is 24.5. The number of aromatic nitrogens is 2. The molecule has 1 aliphatic heterocycles. The number of aryl methyl sites for hydroxylation is 1. The Bertz CT molecular complexity index is 1200. The number of nitrogens with one attached hydrogen (secondary N) is 1. The van der Waals surface area contributed by atoms with Crippen molar-refractivity contribution in [3.63, 3.8) is 0 Å². The smallest absolute Gasteiger partial charge is 0.330 e. The van der Waals surface area contributed by atoms with Gasteiger partial charge in [-0.3, -0.25) is 14.3 Å². The molecule has 0 aliphatic carbocycles. The van der Waals surface area contributed by atoms with Crippen LogP contribution in [0.2, 0.25) is 0 Å². The molecule has 1 saturated heterocycles. The van der Waals surface area contributed by atoms with Crippen molar-refractivity contribution in [3.8, 4) is 0 Å². The molecule has 34 heavy (non-hydrogen) atoms. The average molecular weight is 481 g/mol. The van der Waals surface area contributed by atoms with Crippen molar-refractivity contribution in [3.05, 3.63) is 93.3 Å². The first-order chi connectivity index (χ1) is 16.1. The summed E-state index contributed by atoms with van der Waals surface area (Å²) in [7, 11) is -2.37. The highest BCUT2D eigenvalue weighted by atomic mass is 28.3. The Morgan fingerprint density at radius 3 is 2.18 bits per heavy atom. The van der Waals surface area contributed by atoms with Gasteiger partial charge < -0.3 is 14.6 Å². The van der Waals surface area contributed by atoms with Crippen LogP contribution >= 0.6 is 0 Å². The number of rotatable bonds is 6. The first-order valence-corrected chi connectivity index (χ1v) is 13.3.